The lowest BCUT2D eigenvalue weighted by atomic mass is 10.2. The second-order valence-corrected chi connectivity index (χ2v) is 5.17. The van der Waals surface area contributed by atoms with Crippen molar-refractivity contribution < 1.29 is 0 Å². The first-order valence-corrected chi connectivity index (χ1v) is 6.20. The Labute approximate surface area is 98.5 Å². The van der Waals surface area contributed by atoms with E-state index in [0.29, 0.717) is 6.04 Å². The summed E-state index contributed by atoms with van der Waals surface area (Å²) in [6.07, 6.45) is 4.46. The standard InChI is InChI=1S/C11H11ClN2S/c1-7-2-5-9-11(10(7)12)15-13-6-14(9)8-3-4-8/h2,5-6,8H,3-4H2,1H3. The van der Waals surface area contributed by atoms with Crippen LogP contribution in [0.1, 0.15) is 18.4 Å². The second kappa shape index (κ2) is 3.42. The third kappa shape index (κ3) is 1.54. The van der Waals surface area contributed by atoms with E-state index in [1.807, 2.05) is 13.3 Å². The molecule has 2 aliphatic rings. The number of hydrogen-bond donors (Lipinski definition) is 0. The van der Waals surface area contributed by atoms with Crippen LogP contribution >= 0.6 is 23.5 Å². The van der Waals surface area contributed by atoms with Crippen LogP contribution in [-0.4, -0.2) is 12.4 Å². The van der Waals surface area contributed by atoms with Crippen LogP contribution in [0.5, 0.6) is 0 Å². The highest BCUT2D eigenvalue weighted by Gasteiger charge is 2.32. The van der Waals surface area contributed by atoms with Gasteiger partial charge in [0, 0.05) is 18.0 Å². The fourth-order valence-electron chi connectivity index (χ4n) is 1.77. The summed E-state index contributed by atoms with van der Waals surface area (Å²) < 4.78 is 4.30. The van der Waals surface area contributed by atoms with E-state index in [-0.39, 0.29) is 0 Å². The minimum Gasteiger partial charge on any atom is -0.328 e. The van der Waals surface area contributed by atoms with Crippen LogP contribution in [0.2, 0.25) is 5.02 Å². The first-order chi connectivity index (χ1) is 7.27. The molecule has 1 saturated carbocycles. The SMILES string of the molecule is Cc1ccc2c(c1Cl)SN=CN2C1CC1. The molecule has 1 aromatic rings. The van der Waals surface area contributed by atoms with Gasteiger partial charge in [-0.3, -0.25) is 0 Å². The Morgan fingerprint density at radius 1 is 1.47 bits per heavy atom. The number of nitrogens with zero attached hydrogens (tertiary/aromatic N) is 2. The Bertz CT molecular complexity index is 440. The molecule has 0 radical (unpaired) electrons. The Kier molecular flexibility index (Phi) is 2.18. The van der Waals surface area contributed by atoms with Gasteiger partial charge >= 0.3 is 0 Å². The summed E-state index contributed by atoms with van der Waals surface area (Å²) in [5.41, 5.74) is 2.34. The van der Waals surface area contributed by atoms with E-state index in [2.05, 4.69) is 21.4 Å². The molecule has 1 aliphatic carbocycles. The van der Waals surface area contributed by atoms with Gasteiger partial charge in [0.25, 0.3) is 0 Å². The number of aryl methyl sites for hydroxylation is 1. The van der Waals surface area contributed by atoms with Gasteiger partial charge in [0.2, 0.25) is 0 Å². The second-order valence-electron chi connectivity index (χ2n) is 4.00. The van der Waals surface area contributed by atoms with Crippen LogP contribution in [0.3, 0.4) is 0 Å². The molecule has 1 fully saturated rings. The molecule has 3 rings (SSSR count). The smallest absolute Gasteiger partial charge is 0.104 e. The van der Waals surface area contributed by atoms with Crippen molar-refractivity contribution in [3.8, 4) is 0 Å². The Hall–Kier alpha value is -0.670. The van der Waals surface area contributed by atoms with Crippen molar-refractivity contribution in [2.75, 3.05) is 4.90 Å². The molecule has 15 heavy (non-hydrogen) atoms. The van der Waals surface area contributed by atoms with Gasteiger partial charge in [-0.25, -0.2) is 4.40 Å². The lowest BCUT2D eigenvalue weighted by molar-refractivity contribution is 0.995. The number of fused-ring (bicyclic) bond motifs is 1. The van der Waals surface area contributed by atoms with Crippen molar-refractivity contribution in [3.63, 3.8) is 0 Å². The third-order valence-electron chi connectivity index (χ3n) is 2.80. The largest absolute Gasteiger partial charge is 0.328 e. The van der Waals surface area contributed by atoms with E-state index in [1.165, 1.54) is 30.5 Å². The minimum absolute atomic E-state index is 0.646. The normalized spacial score (nSPS) is 19.2. The zero-order valence-corrected chi connectivity index (χ0v) is 9.98. The minimum atomic E-state index is 0.646. The van der Waals surface area contributed by atoms with E-state index >= 15 is 0 Å². The molecule has 2 nitrogen and oxygen atoms in total. The predicted octanol–water partition coefficient (Wildman–Crippen LogP) is 3.67. The molecule has 0 atom stereocenters. The lowest BCUT2D eigenvalue weighted by Crippen LogP contribution is -2.25. The Morgan fingerprint density at radius 3 is 3.00 bits per heavy atom. The molecule has 0 aromatic heterocycles. The monoisotopic (exact) mass is 238 g/mol. The molecule has 1 aromatic carbocycles. The summed E-state index contributed by atoms with van der Waals surface area (Å²) in [6, 6.07) is 4.87. The van der Waals surface area contributed by atoms with Crippen molar-refractivity contribution in [2.45, 2.75) is 30.7 Å². The van der Waals surface area contributed by atoms with Gasteiger partial charge in [-0.05, 0) is 31.4 Å². The van der Waals surface area contributed by atoms with Crippen LogP contribution in [-0.2, 0) is 0 Å². The van der Waals surface area contributed by atoms with Gasteiger partial charge in [-0.2, -0.15) is 0 Å². The molecule has 0 bridgehead atoms. The number of halogens is 1. The van der Waals surface area contributed by atoms with Crippen molar-refractivity contribution in [1.82, 2.24) is 0 Å². The summed E-state index contributed by atoms with van der Waals surface area (Å²) in [7, 11) is 0. The van der Waals surface area contributed by atoms with Crippen LogP contribution in [0.15, 0.2) is 21.4 Å². The van der Waals surface area contributed by atoms with E-state index in [9.17, 15) is 0 Å². The fraction of sp³-hybridized carbons (Fsp3) is 0.364. The van der Waals surface area contributed by atoms with Crippen LogP contribution in [0.4, 0.5) is 5.69 Å². The molecule has 1 heterocycles. The fourth-order valence-corrected chi connectivity index (χ4v) is 2.79. The van der Waals surface area contributed by atoms with Crippen LogP contribution in [0, 0.1) is 6.92 Å². The molecule has 78 valence electrons. The number of hydrogen-bond acceptors (Lipinski definition) is 3. The van der Waals surface area contributed by atoms with Crippen molar-refractivity contribution in [2.24, 2.45) is 4.40 Å². The van der Waals surface area contributed by atoms with Crippen molar-refractivity contribution in [1.29, 1.82) is 0 Å². The molecular formula is C11H11ClN2S. The van der Waals surface area contributed by atoms with E-state index < -0.39 is 0 Å². The Morgan fingerprint density at radius 2 is 2.27 bits per heavy atom. The number of rotatable bonds is 1. The molecule has 0 spiro atoms. The summed E-state index contributed by atoms with van der Waals surface area (Å²) in [6.45, 7) is 2.03. The molecule has 0 unspecified atom stereocenters. The third-order valence-corrected chi connectivity index (χ3v) is 4.20. The zero-order valence-electron chi connectivity index (χ0n) is 8.40. The maximum atomic E-state index is 6.28. The zero-order chi connectivity index (χ0) is 10.4. The summed E-state index contributed by atoms with van der Waals surface area (Å²) in [5.74, 6) is 0. The van der Waals surface area contributed by atoms with Gasteiger partial charge in [-0.15, -0.1) is 0 Å². The average molecular weight is 239 g/mol. The van der Waals surface area contributed by atoms with Gasteiger partial charge in [0.1, 0.15) is 6.34 Å². The van der Waals surface area contributed by atoms with Crippen LogP contribution in [0.25, 0.3) is 0 Å². The highest BCUT2D eigenvalue weighted by Crippen LogP contribution is 2.44. The van der Waals surface area contributed by atoms with Crippen molar-refractivity contribution in [3.05, 3.63) is 22.7 Å². The average Bonchev–Trinajstić information content (AvgIpc) is 3.07. The molecule has 0 saturated heterocycles. The summed E-state index contributed by atoms with van der Waals surface area (Å²) >= 11 is 7.75. The van der Waals surface area contributed by atoms with Crippen molar-refractivity contribution >= 4 is 35.6 Å². The number of benzene rings is 1. The van der Waals surface area contributed by atoms with E-state index in [4.69, 9.17) is 11.6 Å². The molecule has 0 N–H and O–H groups in total. The first kappa shape index (κ1) is 9.55. The molecule has 4 heteroatoms. The molecule has 1 aliphatic heterocycles. The first-order valence-electron chi connectivity index (χ1n) is 5.05. The lowest BCUT2D eigenvalue weighted by Gasteiger charge is -2.25. The van der Waals surface area contributed by atoms with E-state index in [0.717, 1.165) is 15.5 Å². The molecule has 0 amide bonds. The summed E-state index contributed by atoms with van der Waals surface area (Å²) in [5, 5.41) is 0.847. The van der Waals surface area contributed by atoms with E-state index in [1.54, 1.807) is 0 Å². The Balaban J connectivity index is 2.11. The quantitative estimate of drug-likeness (QED) is 0.694. The highest BCUT2D eigenvalue weighted by molar-refractivity contribution is 7.98. The number of anilines is 1. The van der Waals surface area contributed by atoms with Crippen LogP contribution < -0.4 is 4.90 Å². The predicted molar refractivity (Wildman–Crippen MR) is 66.0 cm³/mol. The maximum absolute atomic E-state index is 6.28. The topological polar surface area (TPSA) is 15.6 Å². The maximum Gasteiger partial charge on any atom is 0.104 e. The summed E-state index contributed by atoms with van der Waals surface area (Å²) in [4.78, 5) is 3.35. The van der Waals surface area contributed by atoms with Gasteiger partial charge in [-0.1, -0.05) is 17.7 Å². The molecular weight excluding hydrogens is 228 g/mol. The van der Waals surface area contributed by atoms with Gasteiger partial charge in [0.15, 0.2) is 0 Å². The highest BCUT2D eigenvalue weighted by atomic mass is 35.5. The van der Waals surface area contributed by atoms with Gasteiger partial charge in [0.05, 0.1) is 15.6 Å². The van der Waals surface area contributed by atoms with Gasteiger partial charge < -0.3 is 4.90 Å².